The number of hydrazine groups is 1. The summed E-state index contributed by atoms with van der Waals surface area (Å²) in [6.45, 7) is 7.54. The molecule has 1 aromatic carbocycles. The summed E-state index contributed by atoms with van der Waals surface area (Å²) in [5.74, 6) is 6.95. The van der Waals surface area contributed by atoms with Crippen molar-refractivity contribution in [3.63, 3.8) is 0 Å². The summed E-state index contributed by atoms with van der Waals surface area (Å²) >= 11 is 0. The number of rotatable bonds is 4. The third-order valence-electron chi connectivity index (χ3n) is 3.92. The van der Waals surface area contributed by atoms with E-state index in [1.165, 1.54) is 13.0 Å². The molecular formula is C15H22N6. The number of fused-ring (bicyclic) bond motifs is 1. The number of nitrogens with one attached hydrogen (secondary N) is 1. The predicted octanol–water partition coefficient (Wildman–Crippen LogP) is 1.45. The first kappa shape index (κ1) is 14.0. The molecule has 6 nitrogen and oxygen atoms in total. The molecule has 3 N–H and O–H groups in total. The van der Waals surface area contributed by atoms with Gasteiger partial charge in [-0.15, -0.1) is 0 Å². The first-order valence-corrected chi connectivity index (χ1v) is 7.52. The maximum atomic E-state index is 5.50. The fraction of sp³-hybridized carbons (Fsp3) is 0.467. The van der Waals surface area contributed by atoms with Crippen molar-refractivity contribution in [2.75, 3.05) is 43.0 Å². The van der Waals surface area contributed by atoms with Gasteiger partial charge in [-0.3, -0.25) is 10.3 Å². The second kappa shape index (κ2) is 6.24. The number of piperazine rings is 1. The Morgan fingerprint density at radius 1 is 1.14 bits per heavy atom. The van der Waals surface area contributed by atoms with E-state index in [1.54, 1.807) is 0 Å². The van der Waals surface area contributed by atoms with Crippen molar-refractivity contribution in [3.05, 3.63) is 24.3 Å². The summed E-state index contributed by atoms with van der Waals surface area (Å²) in [4.78, 5) is 13.8. The van der Waals surface area contributed by atoms with Crippen LogP contribution in [-0.4, -0.2) is 47.6 Å². The van der Waals surface area contributed by atoms with Gasteiger partial charge in [-0.05, 0) is 25.1 Å². The van der Waals surface area contributed by atoms with Crippen LogP contribution in [0.3, 0.4) is 0 Å². The molecule has 0 amide bonds. The number of para-hydroxylation sites is 1. The standard InChI is InChI=1S/C15H22N6/c1-2-7-20-8-10-21(11-9-20)14-12-5-3-4-6-13(12)17-15(18-14)19-16/h3-6H,2,7-11,16H2,1H3,(H,17,18,19). The number of nitrogen functional groups attached to an aromatic ring is 1. The molecule has 21 heavy (non-hydrogen) atoms. The van der Waals surface area contributed by atoms with E-state index in [-0.39, 0.29) is 0 Å². The average Bonchev–Trinajstić information content (AvgIpc) is 2.55. The normalized spacial score (nSPS) is 16.4. The molecule has 2 heterocycles. The van der Waals surface area contributed by atoms with Gasteiger partial charge < -0.3 is 4.90 Å². The zero-order valence-corrected chi connectivity index (χ0v) is 12.4. The first-order chi connectivity index (χ1) is 10.3. The summed E-state index contributed by atoms with van der Waals surface area (Å²) in [7, 11) is 0. The molecule has 1 aliphatic heterocycles. The number of aromatic nitrogens is 2. The number of nitrogens with two attached hydrogens (primary N) is 1. The Morgan fingerprint density at radius 3 is 2.62 bits per heavy atom. The van der Waals surface area contributed by atoms with Crippen LogP contribution in [0.25, 0.3) is 10.9 Å². The van der Waals surface area contributed by atoms with E-state index in [0.29, 0.717) is 5.95 Å². The summed E-state index contributed by atoms with van der Waals surface area (Å²) in [6.07, 6.45) is 1.21. The fourth-order valence-electron chi connectivity index (χ4n) is 2.86. The molecule has 1 fully saturated rings. The molecule has 0 radical (unpaired) electrons. The number of benzene rings is 1. The zero-order valence-electron chi connectivity index (χ0n) is 12.4. The lowest BCUT2D eigenvalue weighted by Crippen LogP contribution is -2.47. The molecule has 112 valence electrons. The van der Waals surface area contributed by atoms with E-state index in [2.05, 4.69) is 38.2 Å². The summed E-state index contributed by atoms with van der Waals surface area (Å²) in [5, 5.41) is 1.08. The van der Waals surface area contributed by atoms with E-state index in [9.17, 15) is 0 Å². The molecule has 2 aromatic rings. The van der Waals surface area contributed by atoms with Gasteiger partial charge in [0, 0.05) is 31.6 Å². The molecule has 0 atom stereocenters. The monoisotopic (exact) mass is 286 g/mol. The van der Waals surface area contributed by atoms with Gasteiger partial charge in [-0.2, -0.15) is 4.98 Å². The molecule has 0 unspecified atom stereocenters. The van der Waals surface area contributed by atoms with E-state index in [0.717, 1.165) is 42.9 Å². The van der Waals surface area contributed by atoms with Crippen molar-refractivity contribution in [1.29, 1.82) is 0 Å². The Balaban J connectivity index is 1.89. The molecule has 1 aromatic heterocycles. The molecule has 1 aliphatic rings. The number of hydrogen-bond donors (Lipinski definition) is 2. The van der Waals surface area contributed by atoms with Crippen molar-refractivity contribution in [3.8, 4) is 0 Å². The summed E-state index contributed by atoms with van der Waals surface area (Å²) in [6, 6.07) is 8.08. The van der Waals surface area contributed by atoms with E-state index in [1.807, 2.05) is 18.2 Å². The number of hydrogen-bond acceptors (Lipinski definition) is 6. The van der Waals surface area contributed by atoms with Crippen LogP contribution in [0.5, 0.6) is 0 Å². The van der Waals surface area contributed by atoms with Crippen molar-refractivity contribution in [2.24, 2.45) is 5.84 Å². The SMILES string of the molecule is CCCN1CCN(c2nc(NN)nc3ccccc23)CC1. The van der Waals surface area contributed by atoms with Gasteiger partial charge in [-0.1, -0.05) is 19.1 Å². The zero-order chi connectivity index (χ0) is 14.7. The van der Waals surface area contributed by atoms with Crippen LogP contribution in [-0.2, 0) is 0 Å². The topological polar surface area (TPSA) is 70.3 Å². The van der Waals surface area contributed by atoms with Gasteiger partial charge in [0.2, 0.25) is 5.95 Å². The highest BCUT2D eigenvalue weighted by Crippen LogP contribution is 2.25. The van der Waals surface area contributed by atoms with Crippen LogP contribution >= 0.6 is 0 Å². The molecule has 6 heteroatoms. The molecule has 3 rings (SSSR count). The van der Waals surface area contributed by atoms with Gasteiger partial charge in [0.1, 0.15) is 5.82 Å². The van der Waals surface area contributed by atoms with Gasteiger partial charge in [-0.25, -0.2) is 10.8 Å². The van der Waals surface area contributed by atoms with Crippen molar-refractivity contribution < 1.29 is 0 Å². The maximum Gasteiger partial charge on any atom is 0.239 e. The van der Waals surface area contributed by atoms with Gasteiger partial charge in [0.15, 0.2) is 0 Å². The molecule has 0 bridgehead atoms. The van der Waals surface area contributed by atoms with Crippen LogP contribution in [0.2, 0.25) is 0 Å². The minimum Gasteiger partial charge on any atom is -0.353 e. The van der Waals surface area contributed by atoms with E-state index < -0.39 is 0 Å². The van der Waals surface area contributed by atoms with Crippen LogP contribution in [0.4, 0.5) is 11.8 Å². The second-order valence-corrected chi connectivity index (χ2v) is 5.36. The summed E-state index contributed by atoms with van der Waals surface area (Å²) in [5.41, 5.74) is 3.49. The van der Waals surface area contributed by atoms with Crippen molar-refractivity contribution in [2.45, 2.75) is 13.3 Å². The Labute approximate surface area is 124 Å². The van der Waals surface area contributed by atoms with Gasteiger partial charge >= 0.3 is 0 Å². The predicted molar refractivity (Wildman–Crippen MR) is 86.3 cm³/mol. The van der Waals surface area contributed by atoms with E-state index >= 15 is 0 Å². The Bertz CT molecular complexity index is 606. The van der Waals surface area contributed by atoms with Crippen LogP contribution in [0.15, 0.2) is 24.3 Å². The van der Waals surface area contributed by atoms with Crippen molar-refractivity contribution in [1.82, 2.24) is 14.9 Å². The first-order valence-electron chi connectivity index (χ1n) is 7.52. The second-order valence-electron chi connectivity index (χ2n) is 5.36. The van der Waals surface area contributed by atoms with Gasteiger partial charge in [0.25, 0.3) is 0 Å². The van der Waals surface area contributed by atoms with Gasteiger partial charge in [0.05, 0.1) is 5.52 Å². The quantitative estimate of drug-likeness (QED) is 0.655. The lowest BCUT2D eigenvalue weighted by molar-refractivity contribution is 0.258. The lowest BCUT2D eigenvalue weighted by Gasteiger charge is -2.35. The molecule has 0 aliphatic carbocycles. The Hall–Kier alpha value is -1.92. The molecule has 0 saturated carbocycles. The largest absolute Gasteiger partial charge is 0.353 e. The number of anilines is 2. The Morgan fingerprint density at radius 2 is 1.90 bits per heavy atom. The Kier molecular flexibility index (Phi) is 4.17. The fourth-order valence-corrected chi connectivity index (χ4v) is 2.86. The number of nitrogens with zero attached hydrogens (tertiary/aromatic N) is 4. The highest BCUT2D eigenvalue weighted by molar-refractivity contribution is 5.90. The third kappa shape index (κ3) is 2.91. The van der Waals surface area contributed by atoms with Crippen molar-refractivity contribution >= 4 is 22.7 Å². The highest BCUT2D eigenvalue weighted by atomic mass is 15.3. The van der Waals surface area contributed by atoms with Crippen LogP contribution in [0.1, 0.15) is 13.3 Å². The molecular weight excluding hydrogens is 264 g/mol. The summed E-state index contributed by atoms with van der Waals surface area (Å²) < 4.78 is 0. The lowest BCUT2D eigenvalue weighted by atomic mass is 10.2. The third-order valence-corrected chi connectivity index (χ3v) is 3.92. The molecule has 0 spiro atoms. The van der Waals surface area contributed by atoms with Crippen LogP contribution in [0, 0.1) is 0 Å². The smallest absolute Gasteiger partial charge is 0.239 e. The minimum absolute atomic E-state index is 0.472. The minimum atomic E-state index is 0.472. The average molecular weight is 286 g/mol. The molecule has 1 saturated heterocycles. The highest BCUT2D eigenvalue weighted by Gasteiger charge is 2.20. The van der Waals surface area contributed by atoms with Crippen LogP contribution < -0.4 is 16.2 Å². The van der Waals surface area contributed by atoms with E-state index in [4.69, 9.17) is 5.84 Å². The maximum absolute atomic E-state index is 5.50.